The molecule has 0 spiro atoms. The predicted molar refractivity (Wildman–Crippen MR) is 114 cm³/mol. The molecule has 0 unspecified atom stereocenters. The number of fused-ring (bicyclic) bond motifs is 1. The molecule has 3 aromatic carbocycles. The number of benzene rings is 3. The average molecular weight is 412 g/mol. The fraction of sp³-hybridized carbons (Fsp3) is 0.200. The number of hydrogen-bond donors (Lipinski definition) is 0. The summed E-state index contributed by atoms with van der Waals surface area (Å²) in [4.78, 5) is 0. The maximum atomic E-state index is 14.6. The van der Waals surface area contributed by atoms with Gasteiger partial charge in [0.15, 0.2) is 11.6 Å². The molecule has 3 aromatic rings. The van der Waals surface area contributed by atoms with Crippen LogP contribution in [0.1, 0.15) is 24.5 Å². The summed E-state index contributed by atoms with van der Waals surface area (Å²) in [5, 5.41) is 1.09. The second-order valence-corrected chi connectivity index (χ2v) is 6.81. The van der Waals surface area contributed by atoms with E-state index in [0.717, 1.165) is 18.4 Å². The summed E-state index contributed by atoms with van der Waals surface area (Å²) in [5.41, 5.74) is 0.736. The van der Waals surface area contributed by atoms with Crippen molar-refractivity contribution in [3.8, 4) is 11.5 Å². The van der Waals surface area contributed by atoms with Crippen molar-refractivity contribution in [2.24, 2.45) is 0 Å². The standard InChI is InChI=1S/C25H23F3O2/c1-3-5-6-7-18-8-11-21(12-9-18)25(27,28)30-22-13-10-19-17-24(29-14-4-2)23(26)16-20(19)15-22/h3-5,8-13,15-17H,2,6-7,14H2,1H3/b5-3+. The van der Waals surface area contributed by atoms with Crippen LogP contribution in [0.5, 0.6) is 11.5 Å². The van der Waals surface area contributed by atoms with Crippen molar-refractivity contribution in [1.82, 2.24) is 0 Å². The van der Waals surface area contributed by atoms with Crippen LogP contribution < -0.4 is 9.47 Å². The molecule has 0 saturated carbocycles. The molecule has 0 heterocycles. The first-order valence-electron chi connectivity index (χ1n) is 9.67. The summed E-state index contributed by atoms with van der Waals surface area (Å²) in [7, 11) is 0. The van der Waals surface area contributed by atoms with Crippen LogP contribution in [0.2, 0.25) is 0 Å². The number of aryl methyl sites for hydroxylation is 1. The minimum absolute atomic E-state index is 0.0520. The molecule has 0 aromatic heterocycles. The van der Waals surface area contributed by atoms with Gasteiger partial charge in [0, 0.05) is 0 Å². The Bertz CT molecular complexity index is 1040. The monoisotopic (exact) mass is 412 g/mol. The van der Waals surface area contributed by atoms with Crippen LogP contribution in [-0.2, 0) is 12.5 Å². The van der Waals surface area contributed by atoms with Gasteiger partial charge in [0.25, 0.3) is 0 Å². The summed E-state index contributed by atoms with van der Waals surface area (Å²) in [6.45, 7) is 5.63. The maximum absolute atomic E-state index is 14.6. The summed E-state index contributed by atoms with van der Waals surface area (Å²) in [6, 6.07) is 13.2. The molecule has 156 valence electrons. The first-order chi connectivity index (χ1) is 14.4. The molecule has 3 rings (SSSR count). The maximum Gasteiger partial charge on any atom is 0.426 e. The van der Waals surface area contributed by atoms with Gasteiger partial charge in [0.2, 0.25) is 0 Å². The Hall–Kier alpha value is -3.21. The van der Waals surface area contributed by atoms with Crippen molar-refractivity contribution in [3.63, 3.8) is 0 Å². The van der Waals surface area contributed by atoms with Crippen molar-refractivity contribution in [1.29, 1.82) is 0 Å². The van der Waals surface area contributed by atoms with Gasteiger partial charge in [0.05, 0.1) is 5.56 Å². The van der Waals surface area contributed by atoms with E-state index in [1.54, 1.807) is 18.2 Å². The Morgan fingerprint density at radius 2 is 1.77 bits per heavy atom. The van der Waals surface area contributed by atoms with E-state index in [2.05, 4.69) is 6.58 Å². The number of alkyl halides is 2. The predicted octanol–water partition coefficient (Wildman–Crippen LogP) is 7.18. The average Bonchev–Trinajstić information content (AvgIpc) is 2.72. The Kier molecular flexibility index (Phi) is 6.83. The zero-order valence-electron chi connectivity index (χ0n) is 16.7. The molecule has 0 aliphatic carbocycles. The van der Waals surface area contributed by atoms with Crippen LogP contribution in [0.15, 0.2) is 79.4 Å². The lowest BCUT2D eigenvalue weighted by Crippen LogP contribution is -2.21. The van der Waals surface area contributed by atoms with Crippen molar-refractivity contribution < 1.29 is 22.6 Å². The molecule has 0 bridgehead atoms. The lowest BCUT2D eigenvalue weighted by molar-refractivity contribution is -0.185. The quantitative estimate of drug-likeness (QED) is 0.347. The fourth-order valence-corrected chi connectivity index (χ4v) is 3.04. The highest BCUT2D eigenvalue weighted by Crippen LogP contribution is 2.34. The molecule has 30 heavy (non-hydrogen) atoms. The number of ether oxygens (including phenoxy) is 2. The number of allylic oxidation sites excluding steroid dienone is 2. The van der Waals surface area contributed by atoms with E-state index >= 15 is 0 Å². The van der Waals surface area contributed by atoms with Crippen LogP contribution in [0, 0.1) is 5.82 Å². The Balaban J connectivity index is 1.77. The summed E-state index contributed by atoms with van der Waals surface area (Å²) >= 11 is 0. The van der Waals surface area contributed by atoms with Gasteiger partial charge in [0.1, 0.15) is 12.4 Å². The van der Waals surface area contributed by atoms with E-state index in [-0.39, 0.29) is 23.7 Å². The van der Waals surface area contributed by atoms with Crippen molar-refractivity contribution in [2.45, 2.75) is 25.9 Å². The van der Waals surface area contributed by atoms with Gasteiger partial charge in [-0.05, 0) is 72.5 Å². The summed E-state index contributed by atoms with van der Waals surface area (Å²) in [5.74, 6) is -0.554. The zero-order chi connectivity index (χ0) is 21.6. The third-order valence-corrected chi connectivity index (χ3v) is 4.59. The van der Waals surface area contributed by atoms with Gasteiger partial charge in [-0.1, -0.05) is 43.0 Å². The van der Waals surface area contributed by atoms with Crippen molar-refractivity contribution in [3.05, 3.63) is 96.3 Å². The molecule has 0 aliphatic rings. The van der Waals surface area contributed by atoms with Crippen LogP contribution in [0.3, 0.4) is 0 Å². The van der Waals surface area contributed by atoms with Crippen molar-refractivity contribution >= 4 is 10.8 Å². The second kappa shape index (κ2) is 9.53. The van der Waals surface area contributed by atoms with E-state index < -0.39 is 11.9 Å². The van der Waals surface area contributed by atoms with E-state index in [4.69, 9.17) is 9.47 Å². The van der Waals surface area contributed by atoms with Gasteiger partial charge in [-0.25, -0.2) is 4.39 Å². The highest BCUT2D eigenvalue weighted by atomic mass is 19.3. The molecule has 0 N–H and O–H groups in total. The zero-order valence-corrected chi connectivity index (χ0v) is 16.7. The Labute approximate surface area is 174 Å². The second-order valence-electron chi connectivity index (χ2n) is 6.81. The molecular weight excluding hydrogens is 389 g/mol. The summed E-state index contributed by atoms with van der Waals surface area (Å²) < 4.78 is 53.6. The molecule has 5 heteroatoms. The number of rotatable bonds is 9. The number of halogens is 3. The molecule has 0 radical (unpaired) electrons. The third-order valence-electron chi connectivity index (χ3n) is 4.59. The van der Waals surface area contributed by atoms with E-state index in [9.17, 15) is 13.2 Å². The van der Waals surface area contributed by atoms with Crippen LogP contribution >= 0.6 is 0 Å². The SMILES string of the molecule is C=CCOc1cc2ccc(OC(F)(F)c3ccc(CC/C=C/C)cc3)cc2cc1F. The van der Waals surface area contributed by atoms with Crippen LogP contribution in [0.4, 0.5) is 13.2 Å². The van der Waals surface area contributed by atoms with Gasteiger partial charge < -0.3 is 9.47 Å². The van der Waals surface area contributed by atoms with Crippen LogP contribution in [-0.4, -0.2) is 6.61 Å². The highest BCUT2D eigenvalue weighted by molar-refractivity contribution is 5.85. The third kappa shape index (κ3) is 5.23. The lowest BCUT2D eigenvalue weighted by Gasteiger charge is -2.19. The lowest BCUT2D eigenvalue weighted by atomic mass is 10.1. The Morgan fingerprint density at radius 1 is 1.00 bits per heavy atom. The number of hydrogen-bond acceptors (Lipinski definition) is 2. The van der Waals surface area contributed by atoms with E-state index in [1.807, 2.05) is 19.1 Å². The summed E-state index contributed by atoms with van der Waals surface area (Å²) in [6.07, 6.45) is 3.63. The topological polar surface area (TPSA) is 18.5 Å². The minimum Gasteiger partial charge on any atom is -0.486 e. The molecule has 2 nitrogen and oxygen atoms in total. The first-order valence-corrected chi connectivity index (χ1v) is 9.67. The molecule has 0 atom stereocenters. The molecule has 0 fully saturated rings. The van der Waals surface area contributed by atoms with Gasteiger partial charge >= 0.3 is 6.11 Å². The first kappa shape index (κ1) is 21.5. The minimum atomic E-state index is -3.51. The van der Waals surface area contributed by atoms with Gasteiger partial charge in [-0.3, -0.25) is 0 Å². The van der Waals surface area contributed by atoms with Crippen molar-refractivity contribution in [2.75, 3.05) is 6.61 Å². The van der Waals surface area contributed by atoms with E-state index in [1.165, 1.54) is 42.5 Å². The molecule has 0 amide bonds. The van der Waals surface area contributed by atoms with Crippen LogP contribution in [0.25, 0.3) is 10.8 Å². The molecule has 0 saturated heterocycles. The molecule has 0 aliphatic heterocycles. The van der Waals surface area contributed by atoms with E-state index in [0.29, 0.717) is 10.8 Å². The Morgan fingerprint density at radius 3 is 2.47 bits per heavy atom. The van der Waals surface area contributed by atoms with Gasteiger partial charge in [-0.2, -0.15) is 8.78 Å². The normalized spacial score (nSPS) is 11.7. The fourth-order valence-electron chi connectivity index (χ4n) is 3.04. The highest BCUT2D eigenvalue weighted by Gasteiger charge is 2.34. The smallest absolute Gasteiger partial charge is 0.426 e. The largest absolute Gasteiger partial charge is 0.486 e. The molecular formula is C25H23F3O2. The van der Waals surface area contributed by atoms with Gasteiger partial charge in [-0.15, -0.1) is 0 Å².